The Kier molecular flexibility index (Phi) is 3.35. The highest BCUT2D eigenvalue weighted by Gasteiger charge is 2.22. The Balaban J connectivity index is 1.71. The van der Waals surface area contributed by atoms with Gasteiger partial charge in [0, 0.05) is 25.5 Å². The number of nitrogens with one attached hydrogen (secondary N) is 1. The smallest absolute Gasteiger partial charge is 0.327 e. The maximum absolute atomic E-state index is 14.3. The Labute approximate surface area is 146 Å². The van der Waals surface area contributed by atoms with E-state index in [2.05, 4.69) is 20.1 Å². The lowest BCUT2D eigenvalue weighted by atomic mass is 10.1. The van der Waals surface area contributed by atoms with Crippen LogP contribution in [0.1, 0.15) is 18.9 Å². The van der Waals surface area contributed by atoms with Crippen LogP contribution in [0, 0.1) is 5.82 Å². The number of aromatic amines is 1. The summed E-state index contributed by atoms with van der Waals surface area (Å²) in [6.07, 6.45) is 6.24. The molecule has 0 aliphatic carbocycles. The summed E-state index contributed by atoms with van der Waals surface area (Å²) in [7, 11) is 0. The minimum absolute atomic E-state index is 0.0217. The average Bonchev–Trinajstić information content (AvgIpc) is 3.23. The van der Waals surface area contributed by atoms with Crippen LogP contribution in [-0.4, -0.2) is 42.3 Å². The third-order valence-electron chi connectivity index (χ3n) is 4.75. The Morgan fingerprint density at radius 1 is 1.27 bits per heavy atom. The predicted octanol–water partition coefficient (Wildman–Crippen LogP) is 1.92. The van der Waals surface area contributed by atoms with E-state index >= 15 is 0 Å². The lowest BCUT2D eigenvalue weighted by molar-refractivity contribution is 0.0697. The molecule has 1 saturated heterocycles. The Morgan fingerprint density at radius 2 is 2.12 bits per heavy atom. The summed E-state index contributed by atoms with van der Waals surface area (Å²) < 4.78 is 22.7. The summed E-state index contributed by atoms with van der Waals surface area (Å²) in [6, 6.07) is 2.97. The second-order valence-corrected chi connectivity index (χ2v) is 6.28. The van der Waals surface area contributed by atoms with Gasteiger partial charge in [-0.3, -0.25) is 4.57 Å². The third kappa shape index (κ3) is 2.24. The van der Waals surface area contributed by atoms with Gasteiger partial charge in [0.15, 0.2) is 11.5 Å². The number of ether oxygens (including phenoxy) is 1. The number of nitrogens with zero attached hydrogens (tertiary/aromatic N) is 5. The number of imidazole rings is 1. The number of aromatic nitrogens is 6. The third-order valence-corrected chi connectivity index (χ3v) is 4.75. The maximum Gasteiger partial charge on any atom is 0.327 e. The van der Waals surface area contributed by atoms with E-state index in [1.54, 1.807) is 23.0 Å². The highest BCUT2D eigenvalue weighted by Crippen LogP contribution is 2.26. The summed E-state index contributed by atoms with van der Waals surface area (Å²) in [5, 5.41) is 4.16. The Hall–Kier alpha value is -3.07. The van der Waals surface area contributed by atoms with Gasteiger partial charge >= 0.3 is 5.69 Å². The number of rotatable bonds is 2. The van der Waals surface area contributed by atoms with Crippen molar-refractivity contribution < 1.29 is 9.13 Å². The highest BCUT2D eigenvalue weighted by molar-refractivity contribution is 5.79. The summed E-state index contributed by atoms with van der Waals surface area (Å²) >= 11 is 0. The second kappa shape index (κ2) is 5.73. The first-order chi connectivity index (χ1) is 12.7. The largest absolute Gasteiger partial charge is 0.381 e. The molecule has 0 amide bonds. The standard InChI is InChI=1S/C17H15FN6O2/c18-12-2-1-5-23-14(12)11(8-20-23)15-19-9-13-16(22-15)24(17(25)21-13)10-3-6-26-7-4-10/h1-2,5,8-10H,3-4,6-7H2,(H,21,25). The molecule has 8 nitrogen and oxygen atoms in total. The maximum atomic E-state index is 14.3. The van der Waals surface area contributed by atoms with Crippen molar-refractivity contribution in [3.8, 4) is 11.4 Å². The molecule has 132 valence electrons. The van der Waals surface area contributed by atoms with Gasteiger partial charge in [-0.15, -0.1) is 0 Å². The topological polar surface area (TPSA) is 90.1 Å². The van der Waals surface area contributed by atoms with Gasteiger partial charge in [0.2, 0.25) is 0 Å². The van der Waals surface area contributed by atoms with E-state index in [-0.39, 0.29) is 11.7 Å². The van der Waals surface area contributed by atoms with Crippen molar-refractivity contribution in [1.29, 1.82) is 0 Å². The van der Waals surface area contributed by atoms with Gasteiger partial charge in [-0.2, -0.15) is 5.10 Å². The molecule has 0 saturated carbocycles. The molecule has 0 spiro atoms. The molecule has 0 radical (unpaired) electrons. The van der Waals surface area contributed by atoms with Crippen molar-refractivity contribution in [3.05, 3.63) is 47.0 Å². The molecule has 1 aliphatic heterocycles. The lowest BCUT2D eigenvalue weighted by Crippen LogP contribution is -2.27. The van der Waals surface area contributed by atoms with E-state index in [4.69, 9.17) is 4.74 Å². The van der Waals surface area contributed by atoms with E-state index in [1.807, 2.05) is 0 Å². The van der Waals surface area contributed by atoms with E-state index < -0.39 is 5.82 Å². The monoisotopic (exact) mass is 354 g/mol. The quantitative estimate of drug-likeness (QED) is 0.594. The fourth-order valence-electron chi connectivity index (χ4n) is 3.49. The predicted molar refractivity (Wildman–Crippen MR) is 91.4 cm³/mol. The van der Waals surface area contributed by atoms with Crippen molar-refractivity contribution >= 4 is 16.7 Å². The van der Waals surface area contributed by atoms with Crippen LogP contribution in [0.2, 0.25) is 0 Å². The van der Waals surface area contributed by atoms with Gasteiger partial charge in [-0.1, -0.05) is 0 Å². The molecule has 0 aromatic carbocycles. The van der Waals surface area contributed by atoms with Crippen LogP contribution in [0.4, 0.5) is 4.39 Å². The van der Waals surface area contributed by atoms with Gasteiger partial charge < -0.3 is 9.72 Å². The zero-order valence-corrected chi connectivity index (χ0v) is 13.7. The number of hydrogen-bond acceptors (Lipinski definition) is 5. The Morgan fingerprint density at radius 3 is 2.96 bits per heavy atom. The highest BCUT2D eigenvalue weighted by atomic mass is 19.1. The molecule has 4 aromatic rings. The molecule has 9 heteroatoms. The molecular weight excluding hydrogens is 339 g/mol. The van der Waals surface area contributed by atoms with Gasteiger partial charge in [0.1, 0.15) is 16.9 Å². The van der Waals surface area contributed by atoms with Crippen molar-refractivity contribution in [2.24, 2.45) is 0 Å². The summed E-state index contributed by atoms with van der Waals surface area (Å²) in [5.41, 5.74) is 1.65. The van der Waals surface area contributed by atoms with Crippen LogP contribution < -0.4 is 5.69 Å². The van der Waals surface area contributed by atoms with Crippen LogP contribution in [-0.2, 0) is 4.74 Å². The van der Waals surface area contributed by atoms with Gasteiger partial charge in [0.05, 0.1) is 18.0 Å². The summed E-state index contributed by atoms with van der Waals surface area (Å²) in [5.74, 6) is -0.0722. The van der Waals surface area contributed by atoms with Crippen LogP contribution in [0.25, 0.3) is 28.1 Å². The minimum Gasteiger partial charge on any atom is -0.381 e. The zero-order chi connectivity index (χ0) is 17.7. The van der Waals surface area contributed by atoms with E-state index in [1.165, 1.54) is 16.8 Å². The molecule has 0 bridgehead atoms. The van der Waals surface area contributed by atoms with E-state index in [0.717, 1.165) is 12.8 Å². The number of halogens is 1. The van der Waals surface area contributed by atoms with E-state index in [9.17, 15) is 9.18 Å². The van der Waals surface area contributed by atoms with Crippen molar-refractivity contribution in [2.75, 3.05) is 13.2 Å². The lowest BCUT2D eigenvalue weighted by Gasteiger charge is -2.22. The van der Waals surface area contributed by atoms with Gasteiger partial charge in [-0.25, -0.2) is 23.7 Å². The fourth-order valence-corrected chi connectivity index (χ4v) is 3.49. The van der Waals surface area contributed by atoms with Crippen LogP contribution in [0.5, 0.6) is 0 Å². The zero-order valence-electron chi connectivity index (χ0n) is 13.7. The molecule has 4 aromatic heterocycles. The average molecular weight is 354 g/mol. The first kappa shape index (κ1) is 15.2. The molecule has 1 fully saturated rings. The molecule has 26 heavy (non-hydrogen) atoms. The molecule has 5 heterocycles. The van der Waals surface area contributed by atoms with Crippen LogP contribution in [0.15, 0.2) is 35.5 Å². The summed E-state index contributed by atoms with van der Waals surface area (Å²) in [6.45, 7) is 1.22. The minimum atomic E-state index is -0.403. The second-order valence-electron chi connectivity index (χ2n) is 6.28. The van der Waals surface area contributed by atoms with Crippen molar-refractivity contribution in [3.63, 3.8) is 0 Å². The number of H-pyrrole nitrogens is 1. The molecule has 0 atom stereocenters. The number of pyridine rings is 1. The molecular formula is C17H15FN6O2. The van der Waals surface area contributed by atoms with Crippen LogP contribution >= 0.6 is 0 Å². The molecule has 5 rings (SSSR count). The number of hydrogen-bond donors (Lipinski definition) is 1. The number of fused-ring (bicyclic) bond motifs is 2. The van der Waals surface area contributed by atoms with Gasteiger partial charge in [0.25, 0.3) is 0 Å². The fraction of sp³-hybridized carbons (Fsp3) is 0.294. The van der Waals surface area contributed by atoms with Gasteiger partial charge in [-0.05, 0) is 25.0 Å². The summed E-state index contributed by atoms with van der Waals surface area (Å²) in [4.78, 5) is 24.1. The first-order valence-corrected chi connectivity index (χ1v) is 8.39. The van der Waals surface area contributed by atoms with Crippen molar-refractivity contribution in [2.45, 2.75) is 18.9 Å². The molecule has 1 aliphatic rings. The SMILES string of the molecule is O=c1[nH]c2cnc(-c3cnn4cccc(F)c34)nc2n1C1CCOCC1. The van der Waals surface area contributed by atoms with E-state index in [0.29, 0.717) is 41.3 Å². The molecule has 1 N–H and O–H groups in total. The van der Waals surface area contributed by atoms with Crippen molar-refractivity contribution in [1.82, 2.24) is 29.1 Å². The first-order valence-electron chi connectivity index (χ1n) is 8.39. The van der Waals surface area contributed by atoms with Crippen LogP contribution in [0.3, 0.4) is 0 Å². The Bertz CT molecular complexity index is 1170. The molecule has 0 unspecified atom stereocenters. The normalized spacial score (nSPS) is 15.9.